The van der Waals surface area contributed by atoms with Gasteiger partial charge in [-0.3, -0.25) is 24.3 Å². The number of phenolic OH excluding ortho intramolecular Hbond substituents is 1. The lowest BCUT2D eigenvalue weighted by molar-refractivity contribution is -0.153. The number of hydrogen-bond donors (Lipinski definition) is 6. The van der Waals surface area contributed by atoms with Gasteiger partial charge < -0.3 is 31.5 Å². The molecule has 0 bridgehead atoms. The van der Waals surface area contributed by atoms with E-state index in [4.69, 9.17) is 5.73 Å². The Hall–Kier alpha value is -4.06. The summed E-state index contributed by atoms with van der Waals surface area (Å²) in [4.78, 5) is 44.9. The number of primary amides is 1. The number of aliphatic hydroxyl groups is 3. The zero-order chi connectivity index (χ0) is 28.2. The average Bonchev–Trinajstić information content (AvgIpc) is 2.87. The Morgan fingerprint density at radius 3 is 2.54 bits per heavy atom. The van der Waals surface area contributed by atoms with Crippen LogP contribution in [-0.2, 0) is 33.9 Å². The summed E-state index contributed by atoms with van der Waals surface area (Å²) in [7, 11) is 3.13. The lowest BCUT2D eigenvalue weighted by atomic mass is 9.57. The fourth-order valence-corrected chi connectivity index (χ4v) is 6.30. The first kappa shape index (κ1) is 26.5. The number of nitrogens with two attached hydrogens (primary N) is 1. The van der Waals surface area contributed by atoms with E-state index in [1.807, 2.05) is 18.2 Å². The van der Waals surface area contributed by atoms with Gasteiger partial charge in [-0.2, -0.15) is 0 Å². The van der Waals surface area contributed by atoms with Crippen LogP contribution in [0, 0.1) is 11.8 Å². The van der Waals surface area contributed by atoms with Crippen molar-refractivity contribution in [2.45, 2.75) is 37.6 Å². The number of carbonyl (C=O) groups excluding carboxylic acids is 3. The Kier molecular flexibility index (Phi) is 6.53. The molecule has 11 nitrogen and oxygen atoms in total. The van der Waals surface area contributed by atoms with Gasteiger partial charge in [-0.05, 0) is 62.2 Å². The standard InChI is InChI=1S/C28H30N4O7/c1-32(2)22-17-10-14-9-16-13(11-30-12-15-5-3-4-8-31-15)6-7-18(33)20(16)23(34)19(14)25(36)28(17,39)26(37)21(24(22)35)27(29)38/h3-8,14,17,22,30,33-34,37,39H,9-12H2,1-2H3,(H2,29,38)/t14-,17-,22+,28-/m0/s1. The van der Waals surface area contributed by atoms with Crippen LogP contribution in [0.2, 0.25) is 0 Å². The Morgan fingerprint density at radius 1 is 1.15 bits per heavy atom. The fraction of sp³-hybridized carbons (Fsp3) is 0.357. The molecule has 0 radical (unpaired) electrons. The Labute approximate surface area is 224 Å². The van der Waals surface area contributed by atoms with Crippen LogP contribution in [-0.4, -0.2) is 73.5 Å². The van der Waals surface area contributed by atoms with Crippen LogP contribution in [0.3, 0.4) is 0 Å². The van der Waals surface area contributed by atoms with Crippen molar-refractivity contribution in [1.82, 2.24) is 15.2 Å². The summed E-state index contributed by atoms with van der Waals surface area (Å²) in [5.74, 6) is -6.65. The SMILES string of the molecule is CN(C)[C@H]1C(=O)C(C(N)=O)=C(O)[C@@]2(O)C(=O)C3=C(O)c4c(O)ccc(CNCc5ccccn5)c4C[C@H]3C[C@@H]12. The number of rotatable bonds is 6. The van der Waals surface area contributed by atoms with E-state index in [1.165, 1.54) is 11.0 Å². The van der Waals surface area contributed by atoms with E-state index in [0.717, 1.165) is 11.3 Å². The summed E-state index contributed by atoms with van der Waals surface area (Å²) in [5.41, 5.74) is 4.03. The van der Waals surface area contributed by atoms with Crippen molar-refractivity contribution >= 4 is 23.2 Å². The smallest absolute Gasteiger partial charge is 0.255 e. The largest absolute Gasteiger partial charge is 0.508 e. The number of nitrogens with zero attached hydrogens (tertiary/aromatic N) is 2. The van der Waals surface area contributed by atoms with Gasteiger partial charge in [0.15, 0.2) is 11.4 Å². The highest BCUT2D eigenvalue weighted by molar-refractivity contribution is 6.24. The first-order valence-corrected chi connectivity index (χ1v) is 12.6. The monoisotopic (exact) mass is 534 g/mol. The molecule has 1 amide bonds. The molecule has 3 aliphatic rings. The number of phenols is 1. The van der Waals surface area contributed by atoms with Crippen LogP contribution >= 0.6 is 0 Å². The predicted octanol–water partition coefficient (Wildman–Crippen LogP) is 0.649. The lowest BCUT2D eigenvalue weighted by Gasteiger charge is -2.50. The highest BCUT2D eigenvalue weighted by Gasteiger charge is 2.64. The quantitative estimate of drug-likeness (QED) is 0.287. The molecule has 1 aromatic carbocycles. The van der Waals surface area contributed by atoms with Crippen molar-refractivity contribution in [3.8, 4) is 5.75 Å². The van der Waals surface area contributed by atoms with Crippen LogP contribution < -0.4 is 11.1 Å². The van der Waals surface area contributed by atoms with E-state index >= 15 is 0 Å². The molecule has 5 rings (SSSR count). The summed E-state index contributed by atoms with van der Waals surface area (Å²) in [6.07, 6.45) is 1.98. The number of nitrogens with one attached hydrogen (secondary N) is 1. The van der Waals surface area contributed by atoms with Gasteiger partial charge in [0.1, 0.15) is 22.8 Å². The number of aromatic hydroxyl groups is 1. The maximum Gasteiger partial charge on any atom is 0.255 e. The van der Waals surface area contributed by atoms with Gasteiger partial charge in [-0.15, -0.1) is 0 Å². The molecule has 1 heterocycles. The number of likely N-dealkylation sites (N-methyl/N-ethyl adjacent to an activating group) is 1. The number of fused-ring (bicyclic) bond motifs is 3. The van der Waals surface area contributed by atoms with Crippen molar-refractivity contribution in [3.05, 3.63) is 75.8 Å². The minimum absolute atomic E-state index is 0.0439. The summed E-state index contributed by atoms with van der Waals surface area (Å²) in [6, 6.07) is 7.63. The predicted molar refractivity (Wildman–Crippen MR) is 139 cm³/mol. The molecule has 0 saturated heterocycles. The highest BCUT2D eigenvalue weighted by Crippen LogP contribution is 2.52. The highest BCUT2D eigenvalue weighted by atomic mass is 16.3. The number of amides is 1. The number of hydrogen-bond acceptors (Lipinski definition) is 10. The lowest BCUT2D eigenvalue weighted by Crippen LogP contribution is -2.65. The number of aromatic nitrogens is 1. The molecule has 1 saturated carbocycles. The Bertz CT molecular complexity index is 1450. The third kappa shape index (κ3) is 4.01. The number of carbonyl (C=O) groups is 3. The van der Waals surface area contributed by atoms with Gasteiger partial charge in [0.2, 0.25) is 5.78 Å². The fourth-order valence-electron chi connectivity index (χ4n) is 6.30. The summed E-state index contributed by atoms with van der Waals surface area (Å²) < 4.78 is 0. The molecule has 39 heavy (non-hydrogen) atoms. The van der Waals surface area contributed by atoms with E-state index in [1.54, 1.807) is 26.4 Å². The molecule has 11 heteroatoms. The van der Waals surface area contributed by atoms with Gasteiger partial charge in [0.25, 0.3) is 5.91 Å². The minimum atomic E-state index is -2.65. The number of benzene rings is 1. The molecule has 0 spiro atoms. The minimum Gasteiger partial charge on any atom is -0.508 e. The maximum absolute atomic E-state index is 13.9. The molecule has 4 atom stereocenters. The van der Waals surface area contributed by atoms with E-state index < -0.39 is 58.0 Å². The molecule has 0 aliphatic heterocycles. The normalized spacial score (nSPS) is 26.4. The van der Waals surface area contributed by atoms with E-state index in [-0.39, 0.29) is 29.7 Å². The van der Waals surface area contributed by atoms with Crippen LogP contribution in [0.1, 0.15) is 28.8 Å². The molecule has 7 N–H and O–H groups in total. The van der Waals surface area contributed by atoms with Gasteiger partial charge in [0.05, 0.1) is 17.3 Å². The molecule has 1 aromatic heterocycles. The number of ketones is 2. The van der Waals surface area contributed by atoms with Crippen LogP contribution in [0.4, 0.5) is 0 Å². The van der Waals surface area contributed by atoms with Crippen molar-refractivity contribution in [1.29, 1.82) is 0 Å². The first-order chi connectivity index (χ1) is 18.5. The molecule has 0 unspecified atom stereocenters. The maximum atomic E-state index is 13.9. The third-order valence-corrected chi connectivity index (χ3v) is 8.05. The van der Waals surface area contributed by atoms with Gasteiger partial charge >= 0.3 is 0 Å². The van der Waals surface area contributed by atoms with Gasteiger partial charge in [-0.25, -0.2) is 0 Å². The van der Waals surface area contributed by atoms with E-state index in [0.29, 0.717) is 18.7 Å². The Balaban J connectivity index is 1.58. The number of aliphatic hydroxyl groups excluding tert-OH is 2. The van der Waals surface area contributed by atoms with Crippen LogP contribution in [0.25, 0.3) is 5.76 Å². The molecule has 2 aromatic rings. The van der Waals surface area contributed by atoms with Crippen molar-refractivity contribution in [2.24, 2.45) is 17.6 Å². The Morgan fingerprint density at radius 2 is 1.90 bits per heavy atom. The topological polar surface area (TPSA) is 186 Å². The first-order valence-electron chi connectivity index (χ1n) is 12.6. The molecular formula is C28H30N4O7. The average molecular weight is 535 g/mol. The van der Waals surface area contributed by atoms with Gasteiger partial charge in [-0.1, -0.05) is 12.1 Å². The van der Waals surface area contributed by atoms with Crippen molar-refractivity contribution < 1.29 is 34.8 Å². The van der Waals surface area contributed by atoms with Crippen LogP contribution in [0.5, 0.6) is 5.75 Å². The zero-order valence-corrected chi connectivity index (χ0v) is 21.5. The van der Waals surface area contributed by atoms with Crippen molar-refractivity contribution in [3.63, 3.8) is 0 Å². The second kappa shape index (κ2) is 9.60. The third-order valence-electron chi connectivity index (χ3n) is 8.05. The van der Waals surface area contributed by atoms with Crippen molar-refractivity contribution in [2.75, 3.05) is 14.1 Å². The zero-order valence-electron chi connectivity index (χ0n) is 21.5. The van der Waals surface area contributed by atoms with E-state index in [9.17, 15) is 34.8 Å². The second-order valence-corrected chi connectivity index (χ2v) is 10.5. The molecular weight excluding hydrogens is 504 g/mol. The van der Waals surface area contributed by atoms with E-state index in [2.05, 4.69) is 10.3 Å². The second-order valence-electron chi connectivity index (χ2n) is 10.5. The summed E-state index contributed by atoms with van der Waals surface area (Å²) >= 11 is 0. The number of pyridine rings is 1. The summed E-state index contributed by atoms with van der Waals surface area (Å²) in [6.45, 7) is 0.876. The number of Topliss-reactive ketones (excluding diaryl/α,β-unsaturated/α-hetero) is 2. The van der Waals surface area contributed by atoms with Crippen LogP contribution in [0.15, 0.2) is 53.4 Å². The summed E-state index contributed by atoms with van der Waals surface area (Å²) in [5, 5.41) is 47.9. The molecule has 1 fully saturated rings. The van der Waals surface area contributed by atoms with Gasteiger partial charge in [0, 0.05) is 30.8 Å². The molecule has 204 valence electrons. The molecule has 3 aliphatic carbocycles.